The Morgan fingerprint density at radius 2 is 2.05 bits per heavy atom. The molecule has 0 bridgehead atoms. The molecule has 2 aromatic carbocycles. The molecular weight excluding hydrogens is 340 g/mol. The highest BCUT2D eigenvalue weighted by molar-refractivity contribution is 9.10. The van der Waals surface area contributed by atoms with E-state index in [1.54, 1.807) is 0 Å². The second-order valence-electron chi connectivity index (χ2n) is 4.33. The van der Waals surface area contributed by atoms with Crippen LogP contribution < -0.4 is 5.32 Å². The van der Waals surface area contributed by atoms with E-state index in [1.165, 1.54) is 18.2 Å². The average molecular weight is 351 g/mol. The van der Waals surface area contributed by atoms with Crippen molar-refractivity contribution in [1.82, 2.24) is 0 Å². The van der Waals surface area contributed by atoms with E-state index in [2.05, 4.69) is 21.2 Å². The number of aromatic carboxylic acids is 1. The summed E-state index contributed by atoms with van der Waals surface area (Å²) >= 11 is 3.40. The van der Waals surface area contributed by atoms with Gasteiger partial charge < -0.3 is 10.4 Å². The van der Waals surface area contributed by atoms with Gasteiger partial charge in [-0.2, -0.15) is 0 Å². The Kier molecular flexibility index (Phi) is 4.23. The van der Waals surface area contributed by atoms with Crippen molar-refractivity contribution in [3.05, 3.63) is 62.1 Å². The van der Waals surface area contributed by atoms with Gasteiger partial charge in [0.2, 0.25) is 0 Å². The van der Waals surface area contributed by atoms with Crippen molar-refractivity contribution >= 4 is 39.0 Å². The van der Waals surface area contributed by atoms with Crippen LogP contribution in [-0.4, -0.2) is 16.0 Å². The molecular formula is C14H11BrN2O4. The van der Waals surface area contributed by atoms with Crippen molar-refractivity contribution in [2.75, 3.05) is 5.32 Å². The van der Waals surface area contributed by atoms with Crippen LogP contribution in [0.15, 0.2) is 40.9 Å². The molecule has 0 saturated heterocycles. The SMILES string of the molecule is Cc1c(Br)cccc1Nc1ccc(C(=O)O)c([N+](=O)[O-])c1. The highest BCUT2D eigenvalue weighted by atomic mass is 79.9. The third-order valence-electron chi connectivity index (χ3n) is 2.97. The second-order valence-corrected chi connectivity index (χ2v) is 5.19. The van der Waals surface area contributed by atoms with E-state index >= 15 is 0 Å². The third kappa shape index (κ3) is 3.19. The molecule has 108 valence electrons. The summed E-state index contributed by atoms with van der Waals surface area (Å²) < 4.78 is 0.907. The maximum Gasteiger partial charge on any atom is 0.342 e. The molecule has 0 aliphatic carbocycles. The van der Waals surface area contributed by atoms with Crippen LogP contribution in [0.3, 0.4) is 0 Å². The van der Waals surface area contributed by atoms with Crippen molar-refractivity contribution in [2.45, 2.75) is 6.92 Å². The van der Waals surface area contributed by atoms with Crippen molar-refractivity contribution < 1.29 is 14.8 Å². The van der Waals surface area contributed by atoms with E-state index in [0.29, 0.717) is 5.69 Å². The van der Waals surface area contributed by atoms with Crippen LogP contribution in [-0.2, 0) is 0 Å². The lowest BCUT2D eigenvalue weighted by atomic mass is 10.1. The summed E-state index contributed by atoms with van der Waals surface area (Å²) in [4.78, 5) is 21.2. The fourth-order valence-electron chi connectivity index (χ4n) is 1.84. The molecule has 0 aromatic heterocycles. The average Bonchev–Trinajstić information content (AvgIpc) is 2.43. The fourth-order valence-corrected chi connectivity index (χ4v) is 2.21. The quantitative estimate of drug-likeness (QED) is 0.639. The lowest BCUT2D eigenvalue weighted by Gasteiger charge is -2.11. The number of hydrogen-bond acceptors (Lipinski definition) is 4. The number of nitrogens with zero attached hydrogens (tertiary/aromatic N) is 1. The lowest BCUT2D eigenvalue weighted by molar-refractivity contribution is -0.385. The van der Waals surface area contributed by atoms with E-state index in [0.717, 1.165) is 15.7 Å². The molecule has 2 rings (SSSR count). The highest BCUT2D eigenvalue weighted by Gasteiger charge is 2.20. The predicted octanol–water partition coefficient (Wildman–Crippen LogP) is 4.11. The summed E-state index contributed by atoms with van der Waals surface area (Å²) in [5, 5.41) is 23.0. The monoisotopic (exact) mass is 350 g/mol. The van der Waals surface area contributed by atoms with Crippen LogP contribution >= 0.6 is 15.9 Å². The zero-order valence-electron chi connectivity index (χ0n) is 11.0. The summed E-state index contributed by atoms with van der Waals surface area (Å²) in [5.74, 6) is -1.33. The second kappa shape index (κ2) is 5.92. The zero-order chi connectivity index (χ0) is 15.6. The van der Waals surface area contributed by atoms with Gasteiger partial charge in [-0.15, -0.1) is 0 Å². The highest BCUT2D eigenvalue weighted by Crippen LogP contribution is 2.29. The van der Waals surface area contributed by atoms with Crippen molar-refractivity contribution in [3.63, 3.8) is 0 Å². The number of anilines is 2. The number of carboxylic acids is 1. The number of nitrogens with one attached hydrogen (secondary N) is 1. The molecule has 0 aliphatic rings. The summed E-state index contributed by atoms with van der Waals surface area (Å²) in [6.45, 7) is 1.90. The number of carbonyl (C=O) groups is 1. The normalized spacial score (nSPS) is 10.2. The maximum atomic E-state index is 11.0. The van der Waals surface area contributed by atoms with Crippen molar-refractivity contribution in [3.8, 4) is 0 Å². The van der Waals surface area contributed by atoms with Gasteiger partial charge in [-0.25, -0.2) is 4.79 Å². The summed E-state index contributed by atoms with van der Waals surface area (Å²) in [7, 11) is 0. The first-order valence-electron chi connectivity index (χ1n) is 5.94. The third-order valence-corrected chi connectivity index (χ3v) is 3.83. The van der Waals surface area contributed by atoms with Gasteiger partial charge in [0.25, 0.3) is 5.69 Å². The molecule has 6 nitrogen and oxygen atoms in total. The van der Waals surface area contributed by atoms with Gasteiger partial charge in [0.15, 0.2) is 0 Å². The van der Waals surface area contributed by atoms with E-state index in [-0.39, 0.29) is 5.56 Å². The lowest BCUT2D eigenvalue weighted by Crippen LogP contribution is -2.03. The van der Waals surface area contributed by atoms with Gasteiger partial charge in [0.1, 0.15) is 5.56 Å². The zero-order valence-corrected chi connectivity index (χ0v) is 12.5. The van der Waals surface area contributed by atoms with E-state index < -0.39 is 16.6 Å². The number of halogens is 1. The van der Waals surface area contributed by atoms with Gasteiger partial charge in [-0.1, -0.05) is 22.0 Å². The first kappa shape index (κ1) is 15.0. The van der Waals surface area contributed by atoms with Crippen LogP contribution in [0.5, 0.6) is 0 Å². The van der Waals surface area contributed by atoms with Crippen LogP contribution in [0, 0.1) is 17.0 Å². The van der Waals surface area contributed by atoms with E-state index in [1.807, 2.05) is 25.1 Å². The van der Waals surface area contributed by atoms with Gasteiger partial charge in [0.05, 0.1) is 4.92 Å². The molecule has 21 heavy (non-hydrogen) atoms. The Hall–Kier alpha value is -2.41. The summed E-state index contributed by atoms with van der Waals surface area (Å²) in [6.07, 6.45) is 0. The molecule has 0 saturated carbocycles. The molecule has 0 heterocycles. The fraction of sp³-hybridized carbons (Fsp3) is 0.0714. The number of rotatable bonds is 4. The molecule has 0 amide bonds. The number of benzene rings is 2. The number of carboxylic acid groups (broad SMARTS) is 1. The Balaban J connectivity index is 2.42. The first-order chi connectivity index (χ1) is 9.90. The smallest absolute Gasteiger partial charge is 0.342 e. The van der Waals surface area contributed by atoms with E-state index in [4.69, 9.17) is 5.11 Å². The molecule has 0 fully saturated rings. The number of nitro benzene ring substituents is 1. The minimum Gasteiger partial charge on any atom is -0.477 e. The van der Waals surface area contributed by atoms with Crippen molar-refractivity contribution in [1.29, 1.82) is 0 Å². The molecule has 2 N–H and O–H groups in total. The van der Waals surface area contributed by atoms with Crippen LogP contribution in [0.1, 0.15) is 15.9 Å². The Morgan fingerprint density at radius 1 is 1.33 bits per heavy atom. The largest absolute Gasteiger partial charge is 0.477 e. The molecule has 0 radical (unpaired) electrons. The van der Waals surface area contributed by atoms with Crippen LogP contribution in [0.2, 0.25) is 0 Å². The van der Waals surface area contributed by atoms with Crippen LogP contribution in [0.25, 0.3) is 0 Å². The first-order valence-corrected chi connectivity index (χ1v) is 6.73. The number of nitro groups is 1. The maximum absolute atomic E-state index is 11.0. The van der Waals surface area contributed by atoms with Gasteiger partial charge in [-0.05, 0) is 36.8 Å². The Labute approximate surface area is 128 Å². The molecule has 2 aromatic rings. The van der Waals surface area contributed by atoms with Gasteiger partial charge in [-0.3, -0.25) is 10.1 Å². The Morgan fingerprint density at radius 3 is 2.67 bits per heavy atom. The summed E-state index contributed by atoms with van der Waals surface area (Å²) in [6, 6.07) is 9.48. The predicted molar refractivity (Wildman–Crippen MR) is 82.2 cm³/mol. The Bertz CT molecular complexity index is 731. The minimum absolute atomic E-state index is 0.337. The topological polar surface area (TPSA) is 92.5 Å². The summed E-state index contributed by atoms with van der Waals surface area (Å²) in [5.41, 5.74) is 1.40. The standard InChI is InChI=1S/C14H11BrN2O4/c1-8-11(15)3-2-4-12(8)16-9-5-6-10(14(18)19)13(7-9)17(20)21/h2-7,16H,1H3,(H,18,19). The van der Waals surface area contributed by atoms with Gasteiger partial charge in [0, 0.05) is 21.9 Å². The van der Waals surface area contributed by atoms with E-state index in [9.17, 15) is 14.9 Å². The van der Waals surface area contributed by atoms with Crippen molar-refractivity contribution in [2.24, 2.45) is 0 Å². The molecule has 0 unspecified atom stereocenters. The molecule has 7 heteroatoms. The molecule has 0 aliphatic heterocycles. The molecule has 0 spiro atoms. The van der Waals surface area contributed by atoms with Gasteiger partial charge >= 0.3 is 5.97 Å². The number of hydrogen-bond donors (Lipinski definition) is 2. The van der Waals surface area contributed by atoms with Crippen LogP contribution in [0.4, 0.5) is 17.1 Å². The molecule has 0 atom stereocenters. The minimum atomic E-state index is -1.33.